The highest BCUT2D eigenvalue weighted by Gasteiger charge is 2.22. The zero-order valence-corrected chi connectivity index (χ0v) is 12.8. The second-order valence-corrected chi connectivity index (χ2v) is 5.98. The summed E-state index contributed by atoms with van der Waals surface area (Å²) in [6, 6.07) is 0.0819. The number of aliphatic carboxylic acids is 1. The molecule has 1 heterocycles. The van der Waals surface area contributed by atoms with Gasteiger partial charge in [0.2, 0.25) is 0 Å². The van der Waals surface area contributed by atoms with E-state index in [1.54, 1.807) is 0 Å². The van der Waals surface area contributed by atoms with E-state index in [4.69, 9.17) is 5.11 Å². The number of likely N-dealkylation sites (N-methyl/N-ethyl adjacent to an activating group) is 1. The number of amides is 2. The number of carbonyl (C=O) groups excluding carboxylic acids is 1. The first-order chi connectivity index (χ1) is 9.40. The molecule has 0 aliphatic carbocycles. The summed E-state index contributed by atoms with van der Waals surface area (Å²) in [5.41, 5.74) is 0. The summed E-state index contributed by atoms with van der Waals surface area (Å²) in [6.07, 6.45) is 3.48. The number of likely N-dealkylation sites (tertiary alicyclic amines) is 1. The van der Waals surface area contributed by atoms with E-state index in [0.29, 0.717) is 19.1 Å². The lowest BCUT2D eigenvalue weighted by Gasteiger charge is -2.33. The second-order valence-electron chi connectivity index (χ2n) is 5.98. The smallest absolute Gasteiger partial charge is 0.323 e. The van der Waals surface area contributed by atoms with Gasteiger partial charge < -0.3 is 20.2 Å². The van der Waals surface area contributed by atoms with Crippen LogP contribution in [-0.4, -0.2) is 66.2 Å². The van der Waals surface area contributed by atoms with Crippen LogP contribution in [0.25, 0.3) is 0 Å². The molecule has 1 saturated heterocycles. The summed E-state index contributed by atoms with van der Waals surface area (Å²) >= 11 is 0. The first-order valence-corrected chi connectivity index (χ1v) is 7.35. The number of piperidine rings is 1. The van der Waals surface area contributed by atoms with Crippen LogP contribution in [0.15, 0.2) is 0 Å². The van der Waals surface area contributed by atoms with Crippen LogP contribution in [0.2, 0.25) is 0 Å². The molecule has 1 atom stereocenters. The van der Waals surface area contributed by atoms with Crippen molar-refractivity contribution < 1.29 is 14.7 Å². The zero-order chi connectivity index (χ0) is 15.1. The minimum Gasteiger partial charge on any atom is -0.480 e. The van der Waals surface area contributed by atoms with Gasteiger partial charge in [0.15, 0.2) is 0 Å². The third-order valence-electron chi connectivity index (χ3n) is 3.61. The molecule has 0 aromatic carbocycles. The average molecular weight is 285 g/mol. The molecule has 1 aliphatic rings. The van der Waals surface area contributed by atoms with Gasteiger partial charge in [-0.25, -0.2) is 4.79 Å². The van der Waals surface area contributed by atoms with Gasteiger partial charge in [0.1, 0.15) is 6.54 Å². The summed E-state index contributed by atoms with van der Waals surface area (Å²) in [5.74, 6) is -0.729. The van der Waals surface area contributed by atoms with Crippen molar-refractivity contribution >= 4 is 12.0 Å². The fraction of sp³-hybridized carbons (Fsp3) is 0.857. The molecular formula is C14H27N3O3. The Morgan fingerprint density at radius 2 is 2.10 bits per heavy atom. The van der Waals surface area contributed by atoms with Gasteiger partial charge in [0, 0.05) is 19.1 Å². The molecule has 0 saturated carbocycles. The predicted molar refractivity (Wildman–Crippen MR) is 77.7 cm³/mol. The molecule has 2 N–H and O–H groups in total. The summed E-state index contributed by atoms with van der Waals surface area (Å²) in [4.78, 5) is 26.5. The number of rotatable bonds is 6. The number of hydrogen-bond donors (Lipinski definition) is 2. The first kappa shape index (κ1) is 16.8. The number of hydrogen-bond acceptors (Lipinski definition) is 3. The largest absolute Gasteiger partial charge is 0.480 e. The molecule has 1 rings (SSSR count). The molecule has 116 valence electrons. The van der Waals surface area contributed by atoms with E-state index >= 15 is 0 Å². The summed E-state index contributed by atoms with van der Waals surface area (Å²) in [6.45, 7) is 5.80. The van der Waals surface area contributed by atoms with E-state index in [-0.39, 0.29) is 18.5 Å². The lowest BCUT2D eigenvalue weighted by molar-refractivity contribution is -0.137. The molecule has 1 fully saturated rings. The Hall–Kier alpha value is -1.30. The Balaban J connectivity index is 2.45. The number of carboxylic acid groups (broad SMARTS) is 1. The number of nitrogens with zero attached hydrogens (tertiary/aromatic N) is 2. The van der Waals surface area contributed by atoms with Crippen molar-refractivity contribution in [3.8, 4) is 0 Å². The van der Waals surface area contributed by atoms with E-state index in [9.17, 15) is 9.59 Å². The quantitative estimate of drug-likeness (QED) is 0.769. The lowest BCUT2D eigenvalue weighted by Crippen LogP contribution is -2.49. The Kier molecular flexibility index (Phi) is 6.78. The van der Waals surface area contributed by atoms with Crippen molar-refractivity contribution in [1.29, 1.82) is 0 Å². The van der Waals surface area contributed by atoms with Crippen molar-refractivity contribution in [2.24, 2.45) is 5.92 Å². The molecule has 6 nitrogen and oxygen atoms in total. The van der Waals surface area contributed by atoms with Crippen LogP contribution in [0.1, 0.15) is 33.1 Å². The SMILES string of the molecule is CC(C)CN(CC(=O)O)C(=O)NCC1CCCCN1C. The third-order valence-corrected chi connectivity index (χ3v) is 3.61. The van der Waals surface area contributed by atoms with Crippen molar-refractivity contribution in [3.05, 3.63) is 0 Å². The maximum absolute atomic E-state index is 12.1. The fourth-order valence-corrected chi connectivity index (χ4v) is 2.54. The lowest BCUT2D eigenvalue weighted by atomic mass is 10.0. The Labute approximate surface area is 121 Å². The topological polar surface area (TPSA) is 72.9 Å². The van der Waals surface area contributed by atoms with Crippen molar-refractivity contribution in [2.45, 2.75) is 39.2 Å². The molecule has 1 aliphatic heterocycles. The van der Waals surface area contributed by atoms with Gasteiger partial charge >= 0.3 is 12.0 Å². The number of carboxylic acids is 1. The van der Waals surface area contributed by atoms with Gasteiger partial charge in [-0.2, -0.15) is 0 Å². The standard InChI is InChI=1S/C14H27N3O3/c1-11(2)9-17(10-13(18)19)14(20)15-8-12-6-4-5-7-16(12)3/h11-12H,4-10H2,1-3H3,(H,15,20)(H,18,19). The molecule has 2 amide bonds. The van der Waals surface area contributed by atoms with Crippen LogP contribution in [0.3, 0.4) is 0 Å². The fourth-order valence-electron chi connectivity index (χ4n) is 2.54. The maximum Gasteiger partial charge on any atom is 0.323 e. The van der Waals surface area contributed by atoms with Gasteiger partial charge in [0.05, 0.1) is 0 Å². The van der Waals surface area contributed by atoms with E-state index in [1.807, 2.05) is 13.8 Å². The summed E-state index contributed by atoms with van der Waals surface area (Å²) in [7, 11) is 2.07. The molecule has 0 aromatic heterocycles. The molecule has 0 radical (unpaired) electrons. The maximum atomic E-state index is 12.1. The summed E-state index contributed by atoms with van der Waals surface area (Å²) in [5, 5.41) is 11.8. The van der Waals surface area contributed by atoms with E-state index in [1.165, 1.54) is 17.7 Å². The third kappa shape index (κ3) is 5.77. The molecule has 1 unspecified atom stereocenters. The number of urea groups is 1. The van der Waals surface area contributed by atoms with Crippen molar-refractivity contribution in [2.75, 3.05) is 33.2 Å². The monoisotopic (exact) mass is 285 g/mol. The average Bonchev–Trinajstić information content (AvgIpc) is 2.35. The van der Waals surface area contributed by atoms with Gasteiger partial charge in [-0.05, 0) is 32.4 Å². The Morgan fingerprint density at radius 1 is 1.40 bits per heavy atom. The van der Waals surface area contributed by atoms with Crippen LogP contribution in [0.5, 0.6) is 0 Å². The Bertz CT molecular complexity index is 334. The van der Waals surface area contributed by atoms with E-state index in [2.05, 4.69) is 17.3 Å². The molecule has 20 heavy (non-hydrogen) atoms. The number of nitrogens with one attached hydrogen (secondary N) is 1. The van der Waals surface area contributed by atoms with E-state index in [0.717, 1.165) is 13.0 Å². The van der Waals surface area contributed by atoms with Crippen molar-refractivity contribution in [3.63, 3.8) is 0 Å². The minimum atomic E-state index is -0.976. The van der Waals surface area contributed by atoms with Crippen LogP contribution in [-0.2, 0) is 4.79 Å². The highest BCUT2D eigenvalue weighted by Crippen LogP contribution is 2.14. The summed E-state index contributed by atoms with van der Waals surface area (Å²) < 4.78 is 0. The molecule has 0 spiro atoms. The predicted octanol–water partition coefficient (Wildman–Crippen LogP) is 1.22. The molecule has 6 heteroatoms. The van der Waals surface area contributed by atoms with Crippen molar-refractivity contribution in [1.82, 2.24) is 15.1 Å². The zero-order valence-electron chi connectivity index (χ0n) is 12.8. The van der Waals surface area contributed by atoms with E-state index < -0.39 is 5.97 Å². The van der Waals surface area contributed by atoms with Crippen LogP contribution >= 0.6 is 0 Å². The highest BCUT2D eigenvalue weighted by atomic mass is 16.4. The van der Waals surface area contributed by atoms with Gasteiger partial charge in [-0.3, -0.25) is 4.79 Å². The normalized spacial score (nSPS) is 19.9. The van der Waals surface area contributed by atoms with Gasteiger partial charge in [0.25, 0.3) is 0 Å². The first-order valence-electron chi connectivity index (χ1n) is 7.35. The number of carbonyl (C=O) groups is 2. The second kappa shape index (κ2) is 8.09. The Morgan fingerprint density at radius 3 is 2.65 bits per heavy atom. The van der Waals surface area contributed by atoms with Gasteiger partial charge in [-0.15, -0.1) is 0 Å². The molecule has 0 bridgehead atoms. The van der Waals surface area contributed by atoms with Crippen LogP contribution in [0.4, 0.5) is 4.79 Å². The molecule has 0 aromatic rings. The highest BCUT2D eigenvalue weighted by molar-refractivity contribution is 5.80. The molecular weight excluding hydrogens is 258 g/mol. The van der Waals surface area contributed by atoms with Crippen LogP contribution in [0, 0.1) is 5.92 Å². The van der Waals surface area contributed by atoms with Gasteiger partial charge in [-0.1, -0.05) is 20.3 Å². The minimum absolute atomic E-state index is 0.246. The van der Waals surface area contributed by atoms with Crippen LogP contribution < -0.4 is 5.32 Å².